The molecule has 0 radical (unpaired) electrons. The molecular formula is C14H12F3N3O3. The van der Waals surface area contributed by atoms with Crippen molar-refractivity contribution in [3.63, 3.8) is 0 Å². The molecule has 1 amide bonds. The van der Waals surface area contributed by atoms with Gasteiger partial charge in [0.15, 0.2) is 0 Å². The van der Waals surface area contributed by atoms with Crippen LogP contribution in [-0.2, 0) is 17.4 Å². The van der Waals surface area contributed by atoms with Crippen LogP contribution in [0.4, 0.5) is 13.2 Å². The third kappa shape index (κ3) is 3.55. The van der Waals surface area contributed by atoms with Gasteiger partial charge in [0.25, 0.3) is 5.91 Å². The molecule has 0 fully saturated rings. The van der Waals surface area contributed by atoms with E-state index in [9.17, 15) is 22.8 Å². The van der Waals surface area contributed by atoms with Gasteiger partial charge in [-0.2, -0.15) is 18.2 Å². The maximum Gasteiger partial charge on any atom is 0.471 e. The quantitative estimate of drug-likeness (QED) is 0.671. The maximum atomic E-state index is 12.5. The van der Waals surface area contributed by atoms with Gasteiger partial charge in [-0.05, 0) is 18.1 Å². The number of ketones is 1. The number of nitrogens with zero attached hydrogens (tertiary/aromatic N) is 2. The van der Waals surface area contributed by atoms with E-state index in [0.717, 1.165) is 0 Å². The van der Waals surface area contributed by atoms with Crippen molar-refractivity contribution in [2.75, 3.05) is 0 Å². The molecule has 2 aromatic rings. The lowest BCUT2D eigenvalue weighted by atomic mass is 9.98. The van der Waals surface area contributed by atoms with Gasteiger partial charge in [-0.25, -0.2) is 0 Å². The molecular weight excluding hydrogens is 315 g/mol. The summed E-state index contributed by atoms with van der Waals surface area (Å²) in [6.45, 7) is 1.85. The number of aromatic nitrogens is 2. The summed E-state index contributed by atoms with van der Waals surface area (Å²) in [4.78, 5) is 25.9. The van der Waals surface area contributed by atoms with Gasteiger partial charge in [0, 0.05) is 11.1 Å². The first-order valence-electron chi connectivity index (χ1n) is 6.62. The number of Topliss-reactive ketones (excluding diaryl/α,β-unsaturated/α-hetero) is 1. The molecule has 0 saturated heterocycles. The van der Waals surface area contributed by atoms with Crippen molar-refractivity contribution in [1.29, 1.82) is 0 Å². The first kappa shape index (κ1) is 16.7. The summed E-state index contributed by atoms with van der Waals surface area (Å²) in [5, 5.41) is 3.32. The van der Waals surface area contributed by atoms with E-state index in [1.54, 1.807) is 0 Å². The number of aryl methyl sites for hydroxylation is 1. The van der Waals surface area contributed by atoms with Crippen LogP contribution in [0.5, 0.6) is 0 Å². The SMILES string of the molecule is CCCc1cc(C(=O)C(N)=O)ccc1-c1noc(C(F)(F)F)n1. The molecule has 23 heavy (non-hydrogen) atoms. The van der Waals surface area contributed by atoms with Crippen LogP contribution in [0.3, 0.4) is 0 Å². The van der Waals surface area contributed by atoms with Gasteiger partial charge < -0.3 is 10.3 Å². The summed E-state index contributed by atoms with van der Waals surface area (Å²) in [6, 6.07) is 4.05. The third-order valence-corrected chi connectivity index (χ3v) is 3.02. The van der Waals surface area contributed by atoms with Crippen LogP contribution in [0.25, 0.3) is 11.4 Å². The van der Waals surface area contributed by atoms with Crippen molar-refractivity contribution in [2.24, 2.45) is 5.73 Å². The van der Waals surface area contributed by atoms with Gasteiger partial charge in [0.05, 0.1) is 0 Å². The Bertz CT molecular complexity index is 753. The predicted octanol–water partition coefficient (Wildman–Crippen LogP) is 2.38. The normalized spacial score (nSPS) is 11.5. The van der Waals surface area contributed by atoms with E-state index in [1.165, 1.54) is 18.2 Å². The van der Waals surface area contributed by atoms with E-state index < -0.39 is 23.8 Å². The smallest absolute Gasteiger partial charge is 0.363 e. The second kappa shape index (κ2) is 6.19. The standard InChI is InChI=1S/C14H12F3N3O3/c1-2-3-7-6-8(10(21)11(18)22)4-5-9(7)12-19-13(23-20-12)14(15,16)17/h4-6H,2-3H2,1H3,(H2,18,22). The van der Waals surface area contributed by atoms with Gasteiger partial charge >= 0.3 is 12.1 Å². The number of benzene rings is 1. The summed E-state index contributed by atoms with van der Waals surface area (Å²) in [5.74, 6) is -3.68. The predicted molar refractivity (Wildman–Crippen MR) is 72.3 cm³/mol. The Morgan fingerprint density at radius 1 is 1.30 bits per heavy atom. The van der Waals surface area contributed by atoms with Crippen molar-refractivity contribution in [3.05, 3.63) is 35.2 Å². The maximum absolute atomic E-state index is 12.5. The topological polar surface area (TPSA) is 99.1 Å². The molecule has 9 heteroatoms. The fourth-order valence-corrected chi connectivity index (χ4v) is 2.02. The average molecular weight is 327 g/mol. The van der Waals surface area contributed by atoms with E-state index in [1.807, 2.05) is 6.92 Å². The van der Waals surface area contributed by atoms with Crippen LogP contribution in [0, 0.1) is 0 Å². The fraction of sp³-hybridized carbons (Fsp3) is 0.286. The van der Waals surface area contributed by atoms with Crippen molar-refractivity contribution in [3.8, 4) is 11.4 Å². The molecule has 6 nitrogen and oxygen atoms in total. The summed E-state index contributed by atoms with van der Waals surface area (Å²) >= 11 is 0. The molecule has 0 atom stereocenters. The minimum absolute atomic E-state index is 0.0595. The van der Waals surface area contributed by atoms with Crippen LogP contribution in [0.2, 0.25) is 0 Å². The summed E-state index contributed by atoms with van der Waals surface area (Å²) in [6.07, 6.45) is -3.63. The Hall–Kier alpha value is -2.71. The van der Waals surface area contributed by atoms with E-state index in [0.29, 0.717) is 24.0 Å². The van der Waals surface area contributed by atoms with Crippen LogP contribution >= 0.6 is 0 Å². The van der Waals surface area contributed by atoms with Crippen LogP contribution in [0.1, 0.15) is 35.2 Å². The van der Waals surface area contributed by atoms with Gasteiger partial charge in [0.1, 0.15) is 0 Å². The molecule has 1 aromatic heterocycles. The van der Waals surface area contributed by atoms with E-state index in [-0.39, 0.29) is 11.4 Å². The zero-order valence-electron chi connectivity index (χ0n) is 12.0. The number of carbonyl (C=O) groups excluding carboxylic acids is 2. The molecule has 1 heterocycles. The van der Waals surface area contributed by atoms with Gasteiger partial charge in [0.2, 0.25) is 11.6 Å². The van der Waals surface area contributed by atoms with Crippen LogP contribution in [0.15, 0.2) is 22.7 Å². The number of hydrogen-bond donors (Lipinski definition) is 1. The van der Waals surface area contributed by atoms with Gasteiger partial charge in [-0.15, -0.1) is 0 Å². The lowest BCUT2D eigenvalue weighted by Gasteiger charge is -2.07. The minimum Gasteiger partial charge on any atom is -0.363 e. The lowest BCUT2D eigenvalue weighted by Crippen LogP contribution is -2.23. The van der Waals surface area contributed by atoms with Crippen LogP contribution in [-0.4, -0.2) is 21.8 Å². The molecule has 0 aliphatic carbocycles. The monoisotopic (exact) mass is 327 g/mol. The Labute approximate surface area is 128 Å². The first-order chi connectivity index (χ1) is 10.7. The van der Waals surface area contributed by atoms with Crippen molar-refractivity contribution >= 4 is 11.7 Å². The molecule has 122 valence electrons. The van der Waals surface area contributed by atoms with Gasteiger partial charge in [-0.1, -0.05) is 30.6 Å². The van der Waals surface area contributed by atoms with E-state index in [4.69, 9.17) is 5.73 Å². The summed E-state index contributed by atoms with van der Waals surface area (Å²) in [5.41, 5.74) is 5.82. The van der Waals surface area contributed by atoms with Gasteiger partial charge in [-0.3, -0.25) is 9.59 Å². The zero-order valence-corrected chi connectivity index (χ0v) is 12.0. The Balaban J connectivity index is 2.48. The summed E-state index contributed by atoms with van der Waals surface area (Å²) in [7, 11) is 0. The minimum atomic E-state index is -4.74. The number of nitrogens with two attached hydrogens (primary N) is 1. The average Bonchev–Trinajstić information content (AvgIpc) is 2.96. The van der Waals surface area contributed by atoms with E-state index >= 15 is 0 Å². The molecule has 0 spiro atoms. The first-order valence-corrected chi connectivity index (χ1v) is 6.62. The Kier molecular flexibility index (Phi) is 4.48. The number of carbonyl (C=O) groups is 2. The number of rotatable bonds is 5. The number of halogens is 3. The molecule has 2 rings (SSSR count). The van der Waals surface area contributed by atoms with E-state index in [2.05, 4.69) is 14.7 Å². The van der Waals surface area contributed by atoms with Crippen molar-refractivity contribution in [2.45, 2.75) is 25.9 Å². The largest absolute Gasteiger partial charge is 0.471 e. The molecule has 0 bridgehead atoms. The number of alkyl halides is 3. The second-order valence-electron chi connectivity index (χ2n) is 4.74. The molecule has 0 saturated carbocycles. The number of amides is 1. The number of primary amides is 1. The lowest BCUT2D eigenvalue weighted by molar-refractivity contribution is -0.159. The molecule has 2 N–H and O–H groups in total. The van der Waals surface area contributed by atoms with Crippen molar-refractivity contribution in [1.82, 2.24) is 10.1 Å². The summed E-state index contributed by atoms with van der Waals surface area (Å²) < 4.78 is 41.8. The molecule has 0 aliphatic rings. The highest BCUT2D eigenvalue weighted by Crippen LogP contribution is 2.31. The highest BCUT2D eigenvalue weighted by molar-refractivity contribution is 6.42. The highest BCUT2D eigenvalue weighted by atomic mass is 19.4. The second-order valence-corrected chi connectivity index (χ2v) is 4.74. The fourth-order valence-electron chi connectivity index (χ4n) is 2.02. The van der Waals surface area contributed by atoms with Crippen molar-refractivity contribution < 1.29 is 27.3 Å². The third-order valence-electron chi connectivity index (χ3n) is 3.02. The molecule has 0 aliphatic heterocycles. The number of hydrogen-bond acceptors (Lipinski definition) is 5. The highest BCUT2D eigenvalue weighted by Gasteiger charge is 2.38. The van der Waals surface area contributed by atoms with Crippen LogP contribution < -0.4 is 5.73 Å². The molecule has 0 unspecified atom stereocenters. The Morgan fingerprint density at radius 3 is 2.52 bits per heavy atom. The Morgan fingerprint density at radius 2 is 2.00 bits per heavy atom. The zero-order chi connectivity index (χ0) is 17.2. The molecule has 1 aromatic carbocycles.